The van der Waals surface area contributed by atoms with Crippen LogP contribution in [-0.4, -0.2) is 42.5 Å². The quantitative estimate of drug-likeness (QED) is 0.874. The van der Waals surface area contributed by atoms with Crippen molar-refractivity contribution in [3.8, 4) is 0 Å². The van der Waals surface area contributed by atoms with Gasteiger partial charge in [-0.05, 0) is 43.2 Å². The fourth-order valence-electron chi connectivity index (χ4n) is 3.27. The van der Waals surface area contributed by atoms with E-state index in [0.717, 1.165) is 25.9 Å². The maximum Gasteiger partial charge on any atom is 0.237 e. The Morgan fingerprint density at radius 2 is 2.13 bits per heavy atom. The van der Waals surface area contributed by atoms with Crippen LogP contribution >= 0.6 is 0 Å². The van der Waals surface area contributed by atoms with Crippen molar-refractivity contribution < 1.29 is 4.79 Å². The molecule has 4 heteroatoms. The lowest BCUT2D eigenvalue weighted by Crippen LogP contribution is -2.57. The monoisotopic (exact) mass is 317 g/mol. The minimum absolute atomic E-state index is 0.0634. The largest absolute Gasteiger partial charge is 0.354 e. The summed E-state index contributed by atoms with van der Waals surface area (Å²) < 4.78 is 0. The SMILES string of the molecule is Cc1ccccc1CCNC(=O)C(C)N1CCC(N)C(C)(C)C1. The summed E-state index contributed by atoms with van der Waals surface area (Å²) in [6.07, 6.45) is 1.83. The number of piperidine rings is 1. The first-order valence-electron chi connectivity index (χ1n) is 8.63. The highest BCUT2D eigenvalue weighted by Gasteiger charge is 2.36. The minimum atomic E-state index is -0.0985. The standard InChI is InChI=1S/C19H31N3O/c1-14-7-5-6-8-16(14)9-11-21-18(23)15(2)22-12-10-17(20)19(3,4)13-22/h5-8,15,17H,9-13,20H2,1-4H3,(H,21,23). The van der Waals surface area contributed by atoms with Crippen molar-refractivity contribution in [2.75, 3.05) is 19.6 Å². The highest BCUT2D eigenvalue weighted by molar-refractivity contribution is 5.81. The zero-order valence-corrected chi connectivity index (χ0v) is 14.9. The topological polar surface area (TPSA) is 58.4 Å². The Kier molecular flexibility index (Phi) is 5.82. The molecule has 1 aliphatic heterocycles. The molecule has 2 rings (SSSR count). The number of carbonyl (C=O) groups excluding carboxylic acids is 1. The summed E-state index contributed by atoms with van der Waals surface area (Å²) >= 11 is 0. The van der Waals surface area contributed by atoms with Gasteiger partial charge in [0.2, 0.25) is 5.91 Å². The molecule has 2 unspecified atom stereocenters. The zero-order chi connectivity index (χ0) is 17.0. The van der Waals surface area contributed by atoms with E-state index in [0.29, 0.717) is 6.54 Å². The van der Waals surface area contributed by atoms with E-state index in [1.165, 1.54) is 11.1 Å². The van der Waals surface area contributed by atoms with Crippen LogP contribution in [0, 0.1) is 12.3 Å². The van der Waals surface area contributed by atoms with Crippen molar-refractivity contribution in [2.45, 2.75) is 52.6 Å². The van der Waals surface area contributed by atoms with E-state index in [1.54, 1.807) is 0 Å². The maximum absolute atomic E-state index is 12.4. The number of rotatable bonds is 5. The van der Waals surface area contributed by atoms with Gasteiger partial charge in [-0.25, -0.2) is 0 Å². The van der Waals surface area contributed by atoms with Gasteiger partial charge in [-0.1, -0.05) is 38.1 Å². The Balaban J connectivity index is 1.82. The van der Waals surface area contributed by atoms with Gasteiger partial charge < -0.3 is 11.1 Å². The van der Waals surface area contributed by atoms with Crippen LogP contribution in [0.15, 0.2) is 24.3 Å². The van der Waals surface area contributed by atoms with E-state index in [1.807, 2.05) is 19.1 Å². The summed E-state index contributed by atoms with van der Waals surface area (Å²) in [5.74, 6) is 0.116. The molecule has 1 aromatic carbocycles. The van der Waals surface area contributed by atoms with Crippen LogP contribution in [0.3, 0.4) is 0 Å². The Labute approximate surface area is 140 Å². The summed E-state index contributed by atoms with van der Waals surface area (Å²) in [5.41, 5.74) is 8.82. The molecule has 128 valence electrons. The molecule has 4 nitrogen and oxygen atoms in total. The normalized spacial score (nSPS) is 22.6. The van der Waals surface area contributed by atoms with Crippen LogP contribution < -0.4 is 11.1 Å². The Hall–Kier alpha value is -1.39. The molecule has 0 aliphatic carbocycles. The summed E-state index contributed by atoms with van der Waals surface area (Å²) in [6, 6.07) is 8.44. The van der Waals surface area contributed by atoms with Crippen LogP contribution in [0.5, 0.6) is 0 Å². The first-order valence-corrected chi connectivity index (χ1v) is 8.63. The lowest BCUT2D eigenvalue weighted by Gasteiger charge is -2.44. The van der Waals surface area contributed by atoms with Crippen molar-refractivity contribution >= 4 is 5.91 Å². The number of nitrogens with zero attached hydrogens (tertiary/aromatic N) is 1. The summed E-state index contributed by atoms with van der Waals surface area (Å²) in [4.78, 5) is 14.7. The molecular formula is C19H31N3O. The van der Waals surface area contributed by atoms with Crippen molar-refractivity contribution in [3.63, 3.8) is 0 Å². The number of benzene rings is 1. The third-order valence-corrected chi connectivity index (χ3v) is 5.22. The van der Waals surface area contributed by atoms with Gasteiger partial charge in [-0.15, -0.1) is 0 Å². The minimum Gasteiger partial charge on any atom is -0.354 e. The van der Waals surface area contributed by atoms with Crippen molar-refractivity contribution in [1.29, 1.82) is 0 Å². The molecule has 1 amide bonds. The molecule has 1 aliphatic rings. The number of nitrogens with one attached hydrogen (secondary N) is 1. The van der Waals surface area contributed by atoms with Gasteiger partial charge in [-0.3, -0.25) is 9.69 Å². The highest BCUT2D eigenvalue weighted by atomic mass is 16.2. The molecular weight excluding hydrogens is 286 g/mol. The van der Waals surface area contributed by atoms with Gasteiger partial charge in [-0.2, -0.15) is 0 Å². The van der Waals surface area contributed by atoms with E-state index in [-0.39, 0.29) is 23.4 Å². The van der Waals surface area contributed by atoms with Gasteiger partial charge in [0, 0.05) is 25.7 Å². The molecule has 0 spiro atoms. The number of hydrogen-bond acceptors (Lipinski definition) is 3. The van der Waals surface area contributed by atoms with E-state index in [9.17, 15) is 4.79 Å². The van der Waals surface area contributed by atoms with E-state index >= 15 is 0 Å². The van der Waals surface area contributed by atoms with Crippen LogP contribution in [0.2, 0.25) is 0 Å². The number of nitrogens with two attached hydrogens (primary N) is 1. The molecule has 1 heterocycles. The van der Waals surface area contributed by atoms with Gasteiger partial charge in [0.15, 0.2) is 0 Å². The summed E-state index contributed by atoms with van der Waals surface area (Å²) in [5, 5.41) is 3.08. The fraction of sp³-hybridized carbons (Fsp3) is 0.632. The molecule has 0 saturated carbocycles. The van der Waals surface area contributed by atoms with Crippen LogP contribution in [0.1, 0.15) is 38.3 Å². The molecule has 0 aromatic heterocycles. The number of hydrogen-bond donors (Lipinski definition) is 2. The van der Waals surface area contributed by atoms with Crippen LogP contribution in [0.25, 0.3) is 0 Å². The lowest BCUT2D eigenvalue weighted by atomic mass is 9.79. The van der Waals surface area contributed by atoms with Gasteiger partial charge in [0.25, 0.3) is 0 Å². The molecule has 0 radical (unpaired) electrons. The second-order valence-corrected chi connectivity index (χ2v) is 7.50. The van der Waals surface area contributed by atoms with Crippen molar-refractivity contribution in [2.24, 2.45) is 11.1 Å². The molecule has 1 fully saturated rings. The van der Waals surface area contributed by atoms with Crippen molar-refractivity contribution in [3.05, 3.63) is 35.4 Å². The van der Waals surface area contributed by atoms with E-state index in [2.05, 4.69) is 43.1 Å². The first kappa shape index (κ1) is 18.0. The predicted octanol–water partition coefficient (Wildman–Crippen LogP) is 2.10. The van der Waals surface area contributed by atoms with Crippen molar-refractivity contribution in [1.82, 2.24) is 10.2 Å². The second-order valence-electron chi connectivity index (χ2n) is 7.50. The number of amides is 1. The molecule has 3 N–H and O–H groups in total. The average Bonchev–Trinajstić information content (AvgIpc) is 2.51. The summed E-state index contributed by atoms with van der Waals surface area (Å²) in [6.45, 7) is 10.9. The molecule has 1 saturated heterocycles. The Morgan fingerprint density at radius 3 is 2.78 bits per heavy atom. The maximum atomic E-state index is 12.4. The number of aryl methyl sites for hydroxylation is 1. The average molecular weight is 317 g/mol. The molecule has 2 atom stereocenters. The van der Waals surface area contributed by atoms with Crippen LogP contribution in [0.4, 0.5) is 0 Å². The highest BCUT2D eigenvalue weighted by Crippen LogP contribution is 2.28. The smallest absolute Gasteiger partial charge is 0.237 e. The van der Waals surface area contributed by atoms with E-state index < -0.39 is 0 Å². The first-order chi connectivity index (χ1) is 10.8. The molecule has 1 aromatic rings. The van der Waals surface area contributed by atoms with Gasteiger partial charge >= 0.3 is 0 Å². The second kappa shape index (κ2) is 7.45. The summed E-state index contributed by atoms with van der Waals surface area (Å²) in [7, 11) is 0. The fourth-order valence-corrected chi connectivity index (χ4v) is 3.27. The predicted molar refractivity (Wildman–Crippen MR) is 95.3 cm³/mol. The number of likely N-dealkylation sites (tertiary alicyclic amines) is 1. The van der Waals surface area contributed by atoms with Gasteiger partial charge in [0.05, 0.1) is 6.04 Å². The third-order valence-electron chi connectivity index (χ3n) is 5.22. The zero-order valence-electron chi connectivity index (χ0n) is 14.9. The lowest BCUT2D eigenvalue weighted by molar-refractivity contribution is -0.127. The Bertz CT molecular complexity index is 541. The Morgan fingerprint density at radius 1 is 1.43 bits per heavy atom. The van der Waals surface area contributed by atoms with Gasteiger partial charge in [0.1, 0.15) is 0 Å². The molecule has 0 bridgehead atoms. The van der Waals surface area contributed by atoms with E-state index in [4.69, 9.17) is 5.73 Å². The third kappa shape index (κ3) is 4.55. The number of carbonyl (C=O) groups is 1. The van der Waals surface area contributed by atoms with Crippen LogP contribution in [-0.2, 0) is 11.2 Å². The molecule has 23 heavy (non-hydrogen) atoms.